The highest BCUT2D eigenvalue weighted by Gasteiger charge is 2.34. The number of carbonyl (C=O) groups is 2. The second-order valence-corrected chi connectivity index (χ2v) is 12.7. The predicted molar refractivity (Wildman–Crippen MR) is 162 cm³/mol. The summed E-state index contributed by atoms with van der Waals surface area (Å²) in [4.78, 5) is 28.7. The van der Waals surface area contributed by atoms with Crippen molar-refractivity contribution in [3.63, 3.8) is 0 Å². The largest absolute Gasteiger partial charge is 0.352 e. The lowest BCUT2D eigenvalue weighted by atomic mass is 10.1. The highest BCUT2D eigenvalue weighted by atomic mass is 35.5. The minimum absolute atomic E-state index is 0.0294. The topological polar surface area (TPSA) is 86.8 Å². The van der Waals surface area contributed by atoms with Crippen LogP contribution >= 0.6 is 34.8 Å². The lowest BCUT2D eigenvalue weighted by Crippen LogP contribution is -2.53. The average Bonchev–Trinajstić information content (AvgIpc) is 2.89. The van der Waals surface area contributed by atoms with Crippen molar-refractivity contribution >= 4 is 62.3 Å². The third-order valence-electron chi connectivity index (χ3n) is 6.27. The van der Waals surface area contributed by atoms with Crippen LogP contribution in [0.1, 0.15) is 38.3 Å². The summed E-state index contributed by atoms with van der Waals surface area (Å²) in [5.74, 6) is -0.959. The summed E-state index contributed by atoms with van der Waals surface area (Å²) in [5.41, 5.74) is 1.44. The van der Waals surface area contributed by atoms with Gasteiger partial charge in [0.25, 0.3) is 10.0 Å². The van der Waals surface area contributed by atoms with Crippen LogP contribution in [0, 0.1) is 6.92 Å². The molecule has 3 aromatic carbocycles. The molecular formula is C29H32Cl3N3O4S. The number of anilines is 1. The molecule has 0 fully saturated rings. The first kappa shape index (κ1) is 31.7. The fraction of sp³-hybridized carbons (Fsp3) is 0.310. The van der Waals surface area contributed by atoms with Crippen LogP contribution < -0.4 is 9.62 Å². The Bertz CT molecular complexity index is 1440. The Morgan fingerprint density at radius 2 is 1.50 bits per heavy atom. The summed E-state index contributed by atoms with van der Waals surface area (Å²) >= 11 is 18.9. The van der Waals surface area contributed by atoms with E-state index in [4.69, 9.17) is 34.8 Å². The van der Waals surface area contributed by atoms with Crippen molar-refractivity contribution < 1.29 is 18.0 Å². The van der Waals surface area contributed by atoms with E-state index in [1.807, 2.05) is 13.8 Å². The maximum Gasteiger partial charge on any atom is 0.264 e. The lowest BCUT2D eigenvalue weighted by Gasteiger charge is -2.34. The molecule has 0 radical (unpaired) electrons. The van der Waals surface area contributed by atoms with Gasteiger partial charge < -0.3 is 10.2 Å². The van der Waals surface area contributed by atoms with E-state index in [-0.39, 0.29) is 29.8 Å². The van der Waals surface area contributed by atoms with Gasteiger partial charge in [-0.3, -0.25) is 13.9 Å². The Hall–Kier alpha value is -2.78. The third kappa shape index (κ3) is 7.49. The average molecular weight is 625 g/mol. The van der Waals surface area contributed by atoms with Gasteiger partial charge in [0.05, 0.1) is 10.6 Å². The van der Waals surface area contributed by atoms with Crippen molar-refractivity contribution in [1.29, 1.82) is 0 Å². The first-order valence-corrected chi connectivity index (χ1v) is 15.3. The zero-order valence-corrected chi connectivity index (χ0v) is 25.8. The van der Waals surface area contributed by atoms with Gasteiger partial charge in [0.1, 0.15) is 12.6 Å². The van der Waals surface area contributed by atoms with Crippen molar-refractivity contribution in [2.24, 2.45) is 0 Å². The lowest BCUT2D eigenvalue weighted by molar-refractivity contribution is -0.140. The minimum atomic E-state index is -4.21. The number of halogens is 3. The van der Waals surface area contributed by atoms with Crippen molar-refractivity contribution in [1.82, 2.24) is 10.2 Å². The standard InChI is InChI=1S/C29H32Cl3N3O4S/c1-5-26(29(37)33-19(2)3)34(17-23-24(31)10-8-11-25(23)32)28(36)18-35(27-12-7-6-9-20(27)4)40(38,39)22-15-13-21(30)14-16-22/h6-16,19,26H,5,17-18H2,1-4H3,(H,33,37)/t26-/m0/s1. The van der Waals surface area contributed by atoms with Crippen LogP contribution in [0.5, 0.6) is 0 Å². The molecule has 0 spiro atoms. The zero-order chi connectivity index (χ0) is 29.6. The van der Waals surface area contributed by atoms with E-state index in [1.165, 1.54) is 29.2 Å². The van der Waals surface area contributed by atoms with Gasteiger partial charge in [0, 0.05) is 33.2 Å². The number of para-hydroxylation sites is 1. The molecule has 0 aliphatic carbocycles. The second kappa shape index (κ2) is 13.7. The number of nitrogens with one attached hydrogen (secondary N) is 1. The molecule has 40 heavy (non-hydrogen) atoms. The molecule has 0 saturated carbocycles. The zero-order valence-electron chi connectivity index (χ0n) is 22.7. The molecule has 11 heteroatoms. The number of amides is 2. The molecule has 3 aromatic rings. The predicted octanol–water partition coefficient (Wildman–Crippen LogP) is 6.48. The normalized spacial score (nSPS) is 12.2. The summed E-state index contributed by atoms with van der Waals surface area (Å²) in [6.45, 7) is 6.52. The number of rotatable bonds is 11. The first-order valence-electron chi connectivity index (χ1n) is 12.7. The van der Waals surface area contributed by atoms with Gasteiger partial charge in [0.15, 0.2) is 0 Å². The van der Waals surface area contributed by atoms with Crippen LogP contribution in [-0.4, -0.2) is 43.8 Å². The SMILES string of the molecule is CC[C@@H](C(=O)NC(C)C)N(Cc1c(Cl)cccc1Cl)C(=O)CN(c1ccccc1C)S(=O)(=O)c1ccc(Cl)cc1. The minimum Gasteiger partial charge on any atom is -0.352 e. The van der Waals surface area contributed by atoms with Crippen LogP contribution in [-0.2, 0) is 26.2 Å². The van der Waals surface area contributed by atoms with E-state index in [9.17, 15) is 18.0 Å². The summed E-state index contributed by atoms with van der Waals surface area (Å²) < 4.78 is 28.9. The molecule has 0 heterocycles. The van der Waals surface area contributed by atoms with Crippen molar-refractivity contribution in [3.05, 3.63) is 92.9 Å². The van der Waals surface area contributed by atoms with Gasteiger partial charge >= 0.3 is 0 Å². The van der Waals surface area contributed by atoms with Gasteiger partial charge in [-0.1, -0.05) is 66.0 Å². The Balaban J connectivity index is 2.12. The molecular weight excluding hydrogens is 593 g/mol. The van der Waals surface area contributed by atoms with E-state index in [1.54, 1.807) is 56.3 Å². The van der Waals surface area contributed by atoms with Crippen molar-refractivity contribution in [2.45, 2.75) is 57.6 Å². The van der Waals surface area contributed by atoms with Crippen LogP contribution in [0.3, 0.4) is 0 Å². The number of carbonyl (C=O) groups excluding carboxylic acids is 2. The molecule has 0 unspecified atom stereocenters. The molecule has 0 saturated heterocycles. The van der Waals surface area contributed by atoms with Gasteiger partial charge in [-0.25, -0.2) is 8.42 Å². The number of hydrogen-bond donors (Lipinski definition) is 1. The molecule has 1 N–H and O–H groups in total. The van der Waals surface area contributed by atoms with Crippen molar-refractivity contribution in [3.8, 4) is 0 Å². The van der Waals surface area contributed by atoms with E-state index >= 15 is 0 Å². The maximum absolute atomic E-state index is 14.1. The van der Waals surface area contributed by atoms with Crippen LogP contribution in [0.15, 0.2) is 71.6 Å². The molecule has 0 aromatic heterocycles. The van der Waals surface area contributed by atoms with Crippen LogP contribution in [0.2, 0.25) is 15.1 Å². The molecule has 7 nitrogen and oxygen atoms in total. The quantitative estimate of drug-likeness (QED) is 0.265. The monoisotopic (exact) mass is 623 g/mol. The van der Waals surface area contributed by atoms with E-state index < -0.39 is 28.5 Å². The van der Waals surface area contributed by atoms with Crippen LogP contribution in [0.25, 0.3) is 0 Å². The smallest absolute Gasteiger partial charge is 0.264 e. The second-order valence-electron chi connectivity index (χ2n) is 9.56. The Morgan fingerprint density at radius 1 is 0.900 bits per heavy atom. The molecule has 0 bridgehead atoms. The fourth-order valence-corrected chi connectivity index (χ4v) is 6.37. The van der Waals surface area contributed by atoms with E-state index in [2.05, 4.69) is 5.32 Å². The maximum atomic E-state index is 14.1. The summed E-state index contributed by atoms with van der Waals surface area (Å²) in [7, 11) is -4.21. The number of hydrogen-bond acceptors (Lipinski definition) is 4. The molecule has 0 aliphatic heterocycles. The van der Waals surface area contributed by atoms with Gasteiger partial charge in [-0.15, -0.1) is 0 Å². The fourth-order valence-electron chi connectivity index (χ4n) is 4.24. The first-order chi connectivity index (χ1) is 18.9. The van der Waals surface area contributed by atoms with Gasteiger partial charge in [-0.2, -0.15) is 0 Å². The molecule has 0 aliphatic rings. The Morgan fingerprint density at radius 3 is 2.05 bits per heavy atom. The molecule has 3 rings (SSSR count). The molecule has 1 atom stereocenters. The Labute approximate surface area is 251 Å². The summed E-state index contributed by atoms with van der Waals surface area (Å²) in [5, 5.41) is 3.89. The van der Waals surface area contributed by atoms with Crippen LogP contribution in [0.4, 0.5) is 5.69 Å². The molecule has 2 amide bonds. The Kier molecular flexibility index (Phi) is 10.9. The highest BCUT2D eigenvalue weighted by molar-refractivity contribution is 7.92. The number of sulfonamides is 1. The summed E-state index contributed by atoms with van der Waals surface area (Å²) in [6.07, 6.45) is 0.278. The number of aryl methyl sites for hydroxylation is 1. The van der Waals surface area contributed by atoms with Crippen molar-refractivity contribution in [2.75, 3.05) is 10.8 Å². The van der Waals surface area contributed by atoms with E-state index in [0.29, 0.717) is 31.9 Å². The van der Waals surface area contributed by atoms with Gasteiger partial charge in [0.2, 0.25) is 11.8 Å². The number of benzene rings is 3. The number of nitrogens with zero attached hydrogens (tertiary/aromatic N) is 2. The summed E-state index contributed by atoms with van der Waals surface area (Å²) in [6, 6.07) is 16.5. The highest BCUT2D eigenvalue weighted by Crippen LogP contribution is 2.30. The van der Waals surface area contributed by atoms with Gasteiger partial charge in [-0.05, 0) is 75.2 Å². The van der Waals surface area contributed by atoms with E-state index in [0.717, 1.165) is 4.31 Å². The molecule has 214 valence electrons. The third-order valence-corrected chi connectivity index (χ3v) is 9.01.